The van der Waals surface area contributed by atoms with E-state index in [9.17, 15) is 4.79 Å². The summed E-state index contributed by atoms with van der Waals surface area (Å²) in [4.78, 5) is 16.7. The van der Waals surface area contributed by atoms with E-state index in [1.165, 1.54) is 0 Å². The highest BCUT2D eigenvalue weighted by atomic mass is 16.1. The molecule has 4 rings (SSSR count). The van der Waals surface area contributed by atoms with Crippen molar-refractivity contribution in [2.24, 2.45) is 5.73 Å². The van der Waals surface area contributed by atoms with Gasteiger partial charge in [0.2, 0.25) is 5.91 Å². The van der Waals surface area contributed by atoms with Crippen LogP contribution >= 0.6 is 0 Å². The number of amides is 1. The van der Waals surface area contributed by atoms with E-state index >= 15 is 0 Å². The maximum Gasteiger partial charge on any atom is 0.249 e. The summed E-state index contributed by atoms with van der Waals surface area (Å²) in [6.45, 7) is 0.798. The van der Waals surface area contributed by atoms with Crippen LogP contribution in [-0.2, 0) is 6.42 Å². The van der Waals surface area contributed by atoms with E-state index in [1.807, 2.05) is 97.2 Å². The van der Waals surface area contributed by atoms with E-state index in [2.05, 4.69) is 10.3 Å². The number of anilines is 1. The van der Waals surface area contributed by atoms with Gasteiger partial charge in [0, 0.05) is 30.5 Å². The molecule has 0 aliphatic heterocycles. The normalized spacial score (nSPS) is 10.5. The van der Waals surface area contributed by atoms with Crippen molar-refractivity contribution in [1.29, 1.82) is 0 Å². The second-order valence-corrected chi connectivity index (χ2v) is 7.03. The van der Waals surface area contributed by atoms with Crippen LogP contribution in [0, 0.1) is 0 Å². The number of carbonyl (C=O) groups is 1. The number of carbonyl (C=O) groups excluding carboxylic acids is 1. The number of nitrogens with one attached hydrogen (secondary N) is 1. The van der Waals surface area contributed by atoms with Crippen molar-refractivity contribution in [1.82, 2.24) is 4.98 Å². The SMILES string of the molecule is NC(=O)c1c(-c2ccccc2)cccc1-c1ccc(NCCc2ccccn2)cc1. The highest BCUT2D eigenvalue weighted by Gasteiger charge is 2.16. The van der Waals surface area contributed by atoms with Gasteiger partial charge in [0.25, 0.3) is 0 Å². The fourth-order valence-electron chi connectivity index (χ4n) is 3.57. The molecule has 0 spiro atoms. The number of nitrogens with zero attached hydrogens (tertiary/aromatic N) is 1. The van der Waals surface area contributed by atoms with Crippen LogP contribution in [-0.4, -0.2) is 17.4 Å². The molecule has 4 heteroatoms. The topological polar surface area (TPSA) is 68.0 Å². The lowest BCUT2D eigenvalue weighted by Gasteiger charge is -2.14. The van der Waals surface area contributed by atoms with E-state index in [0.717, 1.165) is 46.6 Å². The van der Waals surface area contributed by atoms with Crippen LogP contribution in [0.25, 0.3) is 22.3 Å². The zero-order chi connectivity index (χ0) is 20.8. The van der Waals surface area contributed by atoms with Gasteiger partial charge in [-0.2, -0.15) is 0 Å². The van der Waals surface area contributed by atoms with E-state index in [-0.39, 0.29) is 0 Å². The number of nitrogens with two attached hydrogens (primary N) is 1. The molecule has 0 atom stereocenters. The lowest BCUT2D eigenvalue weighted by molar-refractivity contribution is 0.100. The van der Waals surface area contributed by atoms with Crippen LogP contribution in [0.5, 0.6) is 0 Å². The Kier molecular flexibility index (Phi) is 5.85. The van der Waals surface area contributed by atoms with Crippen LogP contribution in [0.1, 0.15) is 16.1 Å². The summed E-state index contributed by atoms with van der Waals surface area (Å²) in [5.74, 6) is -0.429. The average Bonchev–Trinajstić information content (AvgIpc) is 2.80. The molecule has 3 N–H and O–H groups in total. The number of pyridine rings is 1. The number of aromatic nitrogens is 1. The molecule has 0 saturated heterocycles. The minimum Gasteiger partial charge on any atom is -0.385 e. The summed E-state index contributed by atoms with van der Waals surface area (Å²) >= 11 is 0. The molecule has 4 nitrogen and oxygen atoms in total. The molecule has 1 amide bonds. The van der Waals surface area contributed by atoms with Gasteiger partial charge in [0.1, 0.15) is 0 Å². The molecule has 0 radical (unpaired) electrons. The molecular weight excluding hydrogens is 370 g/mol. The maximum atomic E-state index is 12.3. The molecular formula is C26H23N3O. The van der Waals surface area contributed by atoms with Crippen molar-refractivity contribution in [2.75, 3.05) is 11.9 Å². The Balaban J connectivity index is 1.56. The lowest BCUT2D eigenvalue weighted by Crippen LogP contribution is -2.14. The summed E-state index contributed by atoms with van der Waals surface area (Å²) in [6, 6.07) is 29.7. The molecule has 148 valence electrons. The number of hydrogen-bond donors (Lipinski definition) is 2. The first-order chi connectivity index (χ1) is 14.7. The largest absolute Gasteiger partial charge is 0.385 e. The van der Waals surface area contributed by atoms with Gasteiger partial charge >= 0.3 is 0 Å². The third-order valence-corrected chi connectivity index (χ3v) is 5.03. The minimum atomic E-state index is -0.429. The van der Waals surface area contributed by atoms with Crippen LogP contribution in [0.2, 0.25) is 0 Å². The predicted molar refractivity (Wildman–Crippen MR) is 122 cm³/mol. The summed E-state index contributed by atoms with van der Waals surface area (Å²) in [7, 11) is 0. The number of primary amides is 1. The van der Waals surface area contributed by atoms with E-state index in [0.29, 0.717) is 5.56 Å². The Morgan fingerprint density at radius 1 is 0.767 bits per heavy atom. The third-order valence-electron chi connectivity index (χ3n) is 5.03. The fraction of sp³-hybridized carbons (Fsp3) is 0.0769. The Hall–Kier alpha value is -3.92. The Morgan fingerprint density at radius 3 is 2.07 bits per heavy atom. The molecule has 0 aliphatic carbocycles. The van der Waals surface area contributed by atoms with Gasteiger partial charge in [-0.25, -0.2) is 0 Å². The van der Waals surface area contributed by atoms with E-state index in [1.54, 1.807) is 0 Å². The molecule has 30 heavy (non-hydrogen) atoms. The van der Waals surface area contributed by atoms with Gasteiger partial charge in [0.05, 0.1) is 5.56 Å². The Labute approximate surface area is 176 Å². The summed E-state index contributed by atoms with van der Waals surface area (Å²) < 4.78 is 0. The molecule has 0 bridgehead atoms. The van der Waals surface area contributed by atoms with Gasteiger partial charge < -0.3 is 11.1 Å². The predicted octanol–water partition coefficient (Wildman–Crippen LogP) is 5.17. The number of benzene rings is 3. The molecule has 1 heterocycles. The molecule has 4 aromatic rings. The van der Waals surface area contributed by atoms with Crippen LogP contribution in [0.4, 0.5) is 5.69 Å². The quantitative estimate of drug-likeness (QED) is 0.455. The second-order valence-electron chi connectivity index (χ2n) is 7.03. The molecule has 0 unspecified atom stereocenters. The van der Waals surface area contributed by atoms with Gasteiger partial charge in [-0.1, -0.05) is 66.7 Å². The first-order valence-electron chi connectivity index (χ1n) is 9.95. The van der Waals surface area contributed by atoms with Gasteiger partial charge in [-0.05, 0) is 46.5 Å². The molecule has 0 aliphatic rings. The van der Waals surface area contributed by atoms with Crippen molar-refractivity contribution in [3.63, 3.8) is 0 Å². The first-order valence-corrected chi connectivity index (χ1v) is 9.95. The highest BCUT2D eigenvalue weighted by Crippen LogP contribution is 2.32. The Morgan fingerprint density at radius 2 is 1.43 bits per heavy atom. The number of rotatable bonds is 7. The van der Waals surface area contributed by atoms with Gasteiger partial charge in [-0.15, -0.1) is 0 Å². The average molecular weight is 393 g/mol. The smallest absolute Gasteiger partial charge is 0.249 e. The molecule has 1 aromatic heterocycles. The summed E-state index contributed by atoms with van der Waals surface area (Å²) in [6.07, 6.45) is 2.66. The maximum absolute atomic E-state index is 12.3. The van der Waals surface area contributed by atoms with Crippen LogP contribution in [0.3, 0.4) is 0 Å². The minimum absolute atomic E-state index is 0.429. The van der Waals surface area contributed by atoms with Crippen LogP contribution in [0.15, 0.2) is 97.2 Å². The fourth-order valence-corrected chi connectivity index (χ4v) is 3.57. The zero-order valence-electron chi connectivity index (χ0n) is 16.6. The van der Waals surface area contributed by atoms with Gasteiger partial charge in [-0.3, -0.25) is 9.78 Å². The van der Waals surface area contributed by atoms with Crippen molar-refractivity contribution < 1.29 is 4.79 Å². The summed E-state index contributed by atoms with van der Waals surface area (Å²) in [5, 5.41) is 3.41. The Bertz CT molecular complexity index is 1120. The van der Waals surface area contributed by atoms with Crippen molar-refractivity contribution >= 4 is 11.6 Å². The molecule has 3 aromatic carbocycles. The van der Waals surface area contributed by atoms with Crippen molar-refractivity contribution in [3.05, 3.63) is 108 Å². The second kappa shape index (κ2) is 9.05. The standard InChI is InChI=1S/C26H23N3O/c27-26(30)25-23(19-7-2-1-3-8-19)10-6-11-24(25)20-12-14-22(15-13-20)29-18-16-21-9-4-5-17-28-21/h1-15,17,29H,16,18H2,(H2,27,30). The van der Waals surface area contributed by atoms with E-state index < -0.39 is 5.91 Å². The van der Waals surface area contributed by atoms with E-state index in [4.69, 9.17) is 5.73 Å². The van der Waals surface area contributed by atoms with Crippen LogP contribution < -0.4 is 11.1 Å². The first kappa shape index (κ1) is 19.4. The van der Waals surface area contributed by atoms with Crippen molar-refractivity contribution in [3.8, 4) is 22.3 Å². The van der Waals surface area contributed by atoms with Crippen molar-refractivity contribution in [2.45, 2.75) is 6.42 Å². The molecule has 0 saturated carbocycles. The third kappa shape index (κ3) is 4.39. The summed E-state index contributed by atoms with van der Waals surface area (Å²) in [5.41, 5.74) is 12.0. The lowest BCUT2D eigenvalue weighted by atomic mass is 9.91. The van der Waals surface area contributed by atoms with Gasteiger partial charge in [0.15, 0.2) is 0 Å². The monoisotopic (exact) mass is 393 g/mol. The zero-order valence-corrected chi connectivity index (χ0v) is 16.6. The molecule has 0 fully saturated rings. The highest BCUT2D eigenvalue weighted by molar-refractivity contribution is 6.06. The number of hydrogen-bond acceptors (Lipinski definition) is 3.